The summed E-state index contributed by atoms with van der Waals surface area (Å²) in [5, 5.41) is 17.6. The molecule has 35 heavy (non-hydrogen) atoms. The average Bonchev–Trinajstić information content (AvgIpc) is 3.42. The number of likely N-dealkylation sites (N-methyl/N-ethyl adjacent to an activating group) is 1. The summed E-state index contributed by atoms with van der Waals surface area (Å²) in [6, 6.07) is 15.0. The molecule has 1 aromatic heterocycles. The van der Waals surface area contributed by atoms with E-state index in [0.29, 0.717) is 37.0 Å². The summed E-state index contributed by atoms with van der Waals surface area (Å²) in [6.07, 6.45) is 0.855. The molecular weight excluding hydrogens is 446 g/mol. The number of anilines is 1. The molecule has 1 amide bonds. The maximum Gasteiger partial charge on any atom is 0.251 e. The SMILES string of the molecule is CCN1CCOc2cc(-c3noc(C4CCN(C(O)CNC(=O)c5ccccc5)CC4)n3)ccc21. The van der Waals surface area contributed by atoms with Crippen molar-refractivity contribution in [1.82, 2.24) is 20.4 Å². The Balaban J connectivity index is 1.15. The van der Waals surface area contributed by atoms with Crippen LogP contribution in [0.1, 0.15) is 41.9 Å². The molecule has 0 aliphatic carbocycles. The molecule has 9 nitrogen and oxygen atoms in total. The number of carbonyl (C=O) groups excluding carboxylic acids is 1. The summed E-state index contributed by atoms with van der Waals surface area (Å²) >= 11 is 0. The Bertz CT molecular complexity index is 1140. The van der Waals surface area contributed by atoms with Crippen molar-refractivity contribution in [3.63, 3.8) is 0 Å². The second kappa shape index (κ2) is 10.5. The first-order chi connectivity index (χ1) is 17.1. The molecule has 3 aromatic rings. The number of amides is 1. The Labute approximate surface area is 204 Å². The Kier molecular flexibility index (Phi) is 6.96. The summed E-state index contributed by atoms with van der Waals surface area (Å²) in [5.41, 5.74) is 2.55. The van der Waals surface area contributed by atoms with Crippen LogP contribution in [0.2, 0.25) is 0 Å². The normalized spacial score (nSPS) is 17.5. The highest BCUT2D eigenvalue weighted by Gasteiger charge is 2.29. The maximum absolute atomic E-state index is 12.2. The van der Waals surface area contributed by atoms with Gasteiger partial charge in [-0.3, -0.25) is 9.69 Å². The predicted molar refractivity (Wildman–Crippen MR) is 131 cm³/mol. The average molecular weight is 478 g/mol. The van der Waals surface area contributed by atoms with E-state index in [1.807, 2.05) is 35.2 Å². The Hall–Kier alpha value is -3.43. The second-order valence-electron chi connectivity index (χ2n) is 8.93. The molecule has 1 fully saturated rings. The van der Waals surface area contributed by atoms with E-state index in [9.17, 15) is 9.90 Å². The summed E-state index contributed by atoms with van der Waals surface area (Å²) in [7, 11) is 0. The Morgan fingerprint density at radius 1 is 1.17 bits per heavy atom. The van der Waals surface area contributed by atoms with E-state index in [4.69, 9.17) is 9.26 Å². The molecule has 0 bridgehead atoms. The second-order valence-corrected chi connectivity index (χ2v) is 8.93. The van der Waals surface area contributed by atoms with E-state index < -0.39 is 6.23 Å². The van der Waals surface area contributed by atoms with Gasteiger partial charge in [0.15, 0.2) is 0 Å². The number of aliphatic hydroxyl groups excluding tert-OH is 1. The third-order valence-electron chi connectivity index (χ3n) is 6.78. The van der Waals surface area contributed by atoms with Crippen LogP contribution in [0.4, 0.5) is 5.69 Å². The first-order valence-corrected chi connectivity index (χ1v) is 12.2. The van der Waals surface area contributed by atoms with Gasteiger partial charge in [-0.2, -0.15) is 4.98 Å². The quantitative estimate of drug-likeness (QED) is 0.535. The largest absolute Gasteiger partial charge is 0.490 e. The molecule has 3 heterocycles. The van der Waals surface area contributed by atoms with Gasteiger partial charge < -0.3 is 24.6 Å². The van der Waals surface area contributed by atoms with Crippen LogP contribution in [0.25, 0.3) is 11.4 Å². The predicted octanol–water partition coefficient (Wildman–Crippen LogP) is 2.88. The molecule has 2 aliphatic rings. The lowest BCUT2D eigenvalue weighted by atomic mass is 9.96. The van der Waals surface area contributed by atoms with Gasteiger partial charge in [-0.05, 0) is 50.1 Å². The lowest BCUT2D eigenvalue weighted by molar-refractivity contribution is -0.0108. The zero-order valence-corrected chi connectivity index (χ0v) is 19.9. The molecule has 5 rings (SSSR count). The topological polar surface area (TPSA) is 104 Å². The summed E-state index contributed by atoms with van der Waals surface area (Å²) in [6.45, 7) is 6.19. The first kappa shape index (κ1) is 23.3. The highest BCUT2D eigenvalue weighted by molar-refractivity contribution is 5.94. The fourth-order valence-electron chi connectivity index (χ4n) is 4.71. The zero-order chi connectivity index (χ0) is 24.2. The molecule has 1 unspecified atom stereocenters. The van der Waals surface area contributed by atoms with Crippen molar-refractivity contribution in [2.24, 2.45) is 0 Å². The highest BCUT2D eigenvalue weighted by atomic mass is 16.5. The van der Waals surface area contributed by atoms with Crippen molar-refractivity contribution in [2.75, 3.05) is 44.2 Å². The van der Waals surface area contributed by atoms with E-state index in [0.717, 1.165) is 42.9 Å². The zero-order valence-electron chi connectivity index (χ0n) is 19.9. The van der Waals surface area contributed by atoms with Gasteiger partial charge in [-0.15, -0.1) is 0 Å². The van der Waals surface area contributed by atoms with Gasteiger partial charge in [0.2, 0.25) is 11.7 Å². The van der Waals surface area contributed by atoms with Gasteiger partial charge in [-0.1, -0.05) is 23.4 Å². The first-order valence-electron chi connectivity index (χ1n) is 12.2. The number of hydrogen-bond donors (Lipinski definition) is 2. The smallest absolute Gasteiger partial charge is 0.251 e. The molecule has 2 aliphatic heterocycles. The minimum absolute atomic E-state index is 0.142. The molecule has 2 aromatic carbocycles. The minimum atomic E-state index is -0.736. The van der Waals surface area contributed by atoms with Gasteiger partial charge in [-0.25, -0.2) is 0 Å². The monoisotopic (exact) mass is 477 g/mol. The number of fused-ring (bicyclic) bond motifs is 1. The number of nitrogens with one attached hydrogen (secondary N) is 1. The molecule has 2 N–H and O–H groups in total. The number of hydrogen-bond acceptors (Lipinski definition) is 8. The van der Waals surface area contributed by atoms with Crippen LogP contribution in [-0.2, 0) is 0 Å². The van der Waals surface area contributed by atoms with Crippen LogP contribution in [0.3, 0.4) is 0 Å². The summed E-state index contributed by atoms with van der Waals surface area (Å²) < 4.78 is 11.5. The molecule has 0 radical (unpaired) electrons. The molecule has 0 spiro atoms. The van der Waals surface area contributed by atoms with Gasteiger partial charge in [0.25, 0.3) is 5.91 Å². The van der Waals surface area contributed by atoms with E-state index in [1.54, 1.807) is 12.1 Å². The highest BCUT2D eigenvalue weighted by Crippen LogP contribution is 2.35. The third kappa shape index (κ3) is 5.16. The van der Waals surface area contributed by atoms with E-state index in [-0.39, 0.29) is 18.4 Å². The van der Waals surface area contributed by atoms with Crippen molar-refractivity contribution in [3.8, 4) is 17.1 Å². The van der Waals surface area contributed by atoms with Gasteiger partial charge in [0.1, 0.15) is 18.6 Å². The molecule has 184 valence electrons. The number of piperidine rings is 1. The van der Waals surface area contributed by atoms with E-state index in [1.165, 1.54) is 0 Å². The number of ether oxygens (including phenoxy) is 1. The number of nitrogens with zero attached hydrogens (tertiary/aromatic N) is 4. The van der Waals surface area contributed by atoms with Crippen LogP contribution in [0.5, 0.6) is 5.75 Å². The molecular formula is C26H31N5O4. The van der Waals surface area contributed by atoms with Crippen LogP contribution in [0.15, 0.2) is 53.1 Å². The number of aliphatic hydroxyl groups is 1. The number of carbonyl (C=O) groups is 1. The Morgan fingerprint density at radius 3 is 2.74 bits per heavy atom. The molecule has 9 heteroatoms. The summed E-state index contributed by atoms with van der Waals surface area (Å²) in [5.74, 6) is 1.99. The number of likely N-dealkylation sites (tertiary alicyclic amines) is 1. The van der Waals surface area contributed by atoms with Gasteiger partial charge in [0, 0.05) is 36.7 Å². The lowest BCUT2D eigenvalue weighted by Gasteiger charge is -2.33. The number of aromatic nitrogens is 2. The molecule has 1 saturated heterocycles. The van der Waals surface area contributed by atoms with Crippen LogP contribution in [-0.4, -0.2) is 71.6 Å². The fourth-order valence-corrected chi connectivity index (χ4v) is 4.71. The van der Waals surface area contributed by atoms with Crippen molar-refractivity contribution in [2.45, 2.75) is 31.9 Å². The van der Waals surface area contributed by atoms with Gasteiger partial charge in [0.05, 0.1) is 18.8 Å². The van der Waals surface area contributed by atoms with Crippen LogP contribution in [0, 0.1) is 0 Å². The third-order valence-corrected chi connectivity index (χ3v) is 6.78. The van der Waals surface area contributed by atoms with Crippen molar-refractivity contribution in [3.05, 3.63) is 60.0 Å². The van der Waals surface area contributed by atoms with E-state index in [2.05, 4.69) is 33.3 Å². The Morgan fingerprint density at radius 2 is 1.97 bits per heavy atom. The van der Waals surface area contributed by atoms with Crippen molar-refractivity contribution >= 4 is 11.6 Å². The van der Waals surface area contributed by atoms with Crippen molar-refractivity contribution < 1.29 is 19.2 Å². The van der Waals surface area contributed by atoms with E-state index >= 15 is 0 Å². The van der Waals surface area contributed by atoms with Gasteiger partial charge >= 0.3 is 0 Å². The number of benzene rings is 2. The summed E-state index contributed by atoms with van der Waals surface area (Å²) in [4.78, 5) is 21.2. The minimum Gasteiger partial charge on any atom is -0.490 e. The van der Waals surface area contributed by atoms with Crippen LogP contribution < -0.4 is 15.0 Å². The molecule has 0 saturated carbocycles. The standard InChI is InChI=1S/C26H31N5O4/c1-2-30-14-15-34-22-16-20(8-9-21(22)30)24-28-26(35-29-24)19-10-12-31(13-11-19)23(32)17-27-25(33)18-6-4-3-5-7-18/h3-9,16,19,23,32H,2,10-15,17H2,1H3,(H,27,33). The maximum atomic E-state index is 12.2. The lowest BCUT2D eigenvalue weighted by Crippen LogP contribution is -2.47. The fraction of sp³-hybridized carbons (Fsp3) is 0.423. The van der Waals surface area contributed by atoms with Crippen LogP contribution >= 0.6 is 0 Å². The van der Waals surface area contributed by atoms with Crippen molar-refractivity contribution in [1.29, 1.82) is 0 Å². The number of rotatable bonds is 7. The molecule has 1 atom stereocenters.